The van der Waals surface area contributed by atoms with Crippen molar-refractivity contribution in [2.75, 3.05) is 11.9 Å². The van der Waals surface area contributed by atoms with Crippen LogP contribution in [0.4, 0.5) is 5.82 Å². The molecule has 2 aromatic carbocycles. The minimum Gasteiger partial charge on any atom is -0.457 e. The fraction of sp³-hybridized carbons (Fsp3) is 0.118. The van der Waals surface area contributed by atoms with Crippen molar-refractivity contribution in [3.05, 3.63) is 59.2 Å². The van der Waals surface area contributed by atoms with Gasteiger partial charge >= 0.3 is 0 Å². The highest BCUT2D eigenvalue weighted by atomic mass is 79.9. The molecule has 3 aromatic rings. The summed E-state index contributed by atoms with van der Waals surface area (Å²) in [4.78, 5) is 4.23. The fourth-order valence-electron chi connectivity index (χ4n) is 2.15. The van der Waals surface area contributed by atoms with Gasteiger partial charge in [0, 0.05) is 23.3 Å². The number of aromatic nitrogens is 1. The van der Waals surface area contributed by atoms with Crippen LogP contribution in [-0.4, -0.2) is 11.5 Å². The molecule has 0 spiro atoms. The van der Waals surface area contributed by atoms with E-state index in [1.54, 1.807) is 6.20 Å². The van der Waals surface area contributed by atoms with Gasteiger partial charge in [0.2, 0.25) is 0 Å². The SMILES string of the molecule is CCNc1cc(Oc2ccc3cc(Br)ccc3c2)ccn1. The summed E-state index contributed by atoms with van der Waals surface area (Å²) >= 11 is 3.48. The lowest BCUT2D eigenvalue weighted by Crippen LogP contribution is -1.98. The predicted octanol–water partition coefficient (Wildman–Crippen LogP) is 5.22. The number of rotatable bonds is 4. The molecule has 0 bridgehead atoms. The van der Waals surface area contributed by atoms with Gasteiger partial charge in [0.25, 0.3) is 0 Å². The Hall–Kier alpha value is -2.07. The smallest absolute Gasteiger partial charge is 0.132 e. The minimum atomic E-state index is 0.775. The molecule has 3 nitrogen and oxygen atoms in total. The monoisotopic (exact) mass is 342 g/mol. The van der Waals surface area contributed by atoms with Crippen LogP contribution < -0.4 is 10.1 Å². The van der Waals surface area contributed by atoms with E-state index in [-0.39, 0.29) is 0 Å². The maximum absolute atomic E-state index is 5.91. The van der Waals surface area contributed by atoms with E-state index in [0.717, 1.165) is 33.7 Å². The zero-order valence-corrected chi connectivity index (χ0v) is 13.2. The van der Waals surface area contributed by atoms with Crippen LogP contribution in [0, 0.1) is 0 Å². The Morgan fingerprint density at radius 1 is 1.00 bits per heavy atom. The highest BCUT2D eigenvalue weighted by Crippen LogP contribution is 2.28. The van der Waals surface area contributed by atoms with Gasteiger partial charge in [-0.1, -0.05) is 28.1 Å². The lowest BCUT2D eigenvalue weighted by Gasteiger charge is -2.09. The van der Waals surface area contributed by atoms with Crippen LogP contribution in [0.2, 0.25) is 0 Å². The molecule has 4 heteroatoms. The van der Waals surface area contributed by atoms with Crippen molar-refractivity contribution < 1.29 is 4.74 Å². The number of ether oxygens (including phenoxy) is 1. The van der Waals surface area contributed by atoms with Gasteiger partial charge in [-0.2, -0.15) is 0 Å². The number of hydrogen-bond donors (Lipinski definition) is 1. The Labute approximate surface area is 132 Å². The summed E-state index contributed by atoms with van der Waals surface area (Å²) in [5.41, 5.74) is 0. The van der Waals surface area contributed by atoms with Crippen LogP contribution >= 0.6 is 15.9 Å². The molecule has 0 atom stereocenters. The summed E-state index contributed by atoms with van der Waals surface area (Å²) in [7, 11) is 0. The molecule has 0 saturated heterocycles. The van der Waals surface area contributed by atoms with Crippen LogP contribution in [0.3, 0.4) is 0 Å². The average Bonchev–Trinajstić information content (AvgIpc) is 2.48. The first-order valence-electron chi connectivity index (χ1n) is 6.82. The maximum atomic E-state index is 5.91. The Morgan fingerprint density at radius 2 is 1.76 bits per heavy atom. The van der Waals surface area contributed by atoms with Crippen LogP contribution in [0.1, 0.15) is 6.92 Å². The summed E-state index contributed by atoms with van der Waals surface area (Å²) in [6, 6.07) is 16.0. The Balaban J connectivity index is 1.87. The number of benzene rings is 2. The van der Waals surface area contributed by atoms with Gasteiger partial charge in [0.15, 0.2) is 0 Å². The van der Waals surface area contributed by atoms with Crippen molar-refractivity contribution in [1.29, 1.82) is 0 Å². The first kappa shape index (κ1) is 13.9. The number of hydrogen-bond acceptors (Lipinski definition) is 3. The van der Waals surface area contributed by atoms with Gasteiger partial charge in [-0.3, -0.25) is 0 Å². The van der Waals surface area contributed by atoms with Crippen molar-refractivity contribution in [3.63, 3.8) is 0 Å². The lowest BCUT2D eigenvalue weighted by molar-refractivity contribution is 0.483. The van der Waals surface area contributed by atoms with Crippen molar-refractivity contribution in [2.45, 2.75) is 6.92 Å². The average molecular weight is 343 g/mol. The van der Waals surface area contributed by atoms with Crippen LogP contribution in [-0.2, 0) is 0 Å². The zero-order valence-electron chi connectivity index (χ0n) is 11.6. The number of pyridine rings is 1. The molecular weight excluding hydrogens is 328 g/mol. The first-order chi connectivity index (χ1) is 10.2. The second-order valence-electron chi connectivity index (χ2n) is 4.66. The molecule has 0 aliphatic rings. The normalized spacial score (nSPS) is 10.6. The molecule has 0 saturated carbocycles. The largest absolute Gasteiger partial charge is 0.457 e. The Kier molecular flexibility index (Phi) is 4.06. The van der Waals surface area contributed by atoms with E-state index in [0.29, 0.717) is 0 Å². The van der Waals surface area contributed by atoms with Crippen molar-refractivity contribution in [3.8, 4) is 11.5 Å². The van der Waals surface area contributed by atoms with Gasteiger partial charge in [0.05, 0.1) is 0 Å². The number of fused-ring (bicyclic) bond motifs is 1. The topological polar surface area (TPSA) is 34.1 Å². The maximum Gasteiger partial charge on any atom is 0.132 e. The quantitative estimate of drug-likeness (QED) is 0.705. The van der Waals surface area contributed by atoms with Crippen molar-refractivity contribution in [2.24, 2.45) is 0 Å². The molecule has 0 fully saturated rings. The third-order valence-electron chi connectivity index (χ3n) is 3.10. The van der Waals surface area contributed by atoms with Gasteiger partial charge in [-0.15, -0.1) is 0 Å². The molecule has 0 amide bonds. The van der Waals surface area contributed by atoms with Crippen LogP contribution in [0.15, 0.2) is 59.2 Å². The third-order valence-corrected chi connectivity index (χ3v) is 3.59. The standard InChI is InChI=1S/C17H15BrN2O/c1-2-19-17-11-16(7-8-20-17)21-15-6-4-12-9-14(18)5-3-13(12)10-15/h3-11H,2H2,1H3,(H,19,20). The summed E-state index contributed by atoms with van der Waals surface area (Å²) < 4.78 is 6.99. The van der Waals surface area contributed by atoms with E-state index >= 15 is 0 Å². The van der Waals surface area contributed by atoms with Crippen LogP contribution in [0.25, 0.3) is 10.8 Å². The predicted molar refractivity (Wildman–Crippen MR) is 90.1 cm³/mol. The molecule has 21 heavy (non-hydrogen) atoms. The summed E-state index contributed by atoms with van der Waals surface area (Å²) in [6.45, 7) is 2.87. The third kappa shape index (κ3) is 3.34. The van der Waals surface area contributed by atoms with E-state index in [1.165, 1.54) is 5.39 Å². The van der Waals surface area contributed by atoms with Gasteiger partial charge in [0.1, 0.15) is 17.3 Å². The molecule has 0 aliphatic heterocycles. The number of nitrogens with one attached hydrogen (secondary N) is 1. The van der Waals surface area contributed by atoms with E-state index in [4.69, 9.17) is 4.74 Å². The molecule has 1 N–H and O–H groups in total. The van der Waals surface area contributed by atoms with Gasteiger partial charge < -0.3 is 10.1 Å². The molecule has 0 unspecified atom stereocenters. The summed E-state index contributed by atoms with van der Waals surface area (Å²) in [6.07, 6.45) is 1.74. The van der Waals surface area contributed by atoms with E-state index < -0.39 is 0 Å². The van der Waals surface area contributed by atoms with Crippen LogP contribution in [0.5, 0.6) is 11.5 Å². The van der Waals surface area contributed by atoms with Crippen molar-refractivity contribution >= 4 is 32.5 Å². The molecule has 3 rings (SSSR count). The van der Waals surface area contributed by atoms with E-state index in [2.05, 4.69) is 44.4 Å². The molecule has 0 aliphatic carbocycles. The number of nitrogens with zero attached hydrogens (tertiary/aromatic N) is 1. The highest BCUT2D eigenvalue weighted by molar-refractivity contribution is 9.10. The van der Waals surface area contributed by atoms with Gasteiger partial charge in [-0.05, 0) is 48.0 Å². The fourth-order valence-corrected chi connectivity index (χ4v) is 2.53. The second kappa shape index (κ2) is 6.14. The first-order valence-corrected chi connectivity index (χ1v) is 7.61. The van der Waals surface area contributed by atoms with Crippen molar-refractivity contribution in [1.82, 2.24) is 4.98 Å². The molecule has 0 radical (unpaired) electrons. The number of halogens is 1. The minimum absolute atomic E-state index is 0.775. The number of anilines is 1. The Bertz CT molecular complexity index is 774. The van der Waals surface area contributed by atoms with E-state index in [1.807, 2.05) is 37.3 Å². The highest BCUT2D eigenvalue weighted by Gasteiger charge is 2.02. The summed E-state index contributed by atoms with van der Waals surface area (Å²) in [5.74, 6) is 2.41. The van der Waals surface area contributed by atoms with Gasteiger partial charge in [-0.25, -0.2) is 4.98 Å². The molecule has 1 heterocycles. The molecule has 1 aromatic heterocycles. The van der Waals surface area contributed by atoms with E-state index in [9.17, 15) is 0 Å². The zero-order chi connectivity index (χ0) is 14.7. The second-order valence-corrected chi connectivity index (χ2v) is 5.58. The molecular formula is C17H15BrN2O. The lowest BCUT2D eigenvalue weighted by atomic mass is 10.1. The molecule has 106 valence electrons. The Morgan fingerprint density at radius 3 is 2.62 bits per heavy atom. The summed E-state index contributed by atoms with van der Waals surface area (Å²) in [5, 5.41) is 5.50.